The highest BCUT2D eigenvalue weighted by Gasteiger charge is 2.43. The van der Waals surface area contributed by atoms with Crippen molar-refractivity contribution in [3.05, 3.63) is 71.8 Å². The van der Waals surface area contributed by atoms with Crippen LogP contribution in [0.3, 0.4) is 0 Å². The van der Waals surface area contributed by atoms with Crippen molar-refractivity contribution in [2.75, 3.05) is 13.2 Å². The predicted molar refractivity (Wildman–Crippen MR) is 134 cm³/mol. The van der Waals surface area contributed by atoms with Gasteiger partial charge in [0.25, 0.3) is 0 Å². The second kappa shape index (κ2) is 16.2. The minimum absolute atomic E-state index is 0.178. The maximum atomic E-state index is 12.1. The lowest BCUT2D eigenvalue weighted by atomic mass is 10.0. The van der Waals surface area contributed by atoms with Gasteiger partial charge < -0.3 is 28.4 Å². The number of hydrogen-bond donors (Lipinski definition) is 0. The molecule has 38 heavy (non-hydrogen) atoms. The van der Waals surface area contributed by atoms with Gasteiger partial charge in [-0.25, -0.2) is 0 Å². The Kier molecular flexibility index (Phi) is 13.0. The smallest absolute Gasteiger partial charge is 0.303 e. The van der Waals surface area contributed by atoms with Crippen LogP contribution < -0.4 is 0 Å². The summed E-state index contributed by atoms with van der Waals surface area (Å²) in [5.74, 6) is -2.83. The molecule has 0 spiro atoms. The van der Waals surface area contributed by atoms with Gasteiger partial charge in [-0.3, -0.25) is 19.2 Å². The van der Waals surface area contributed by atoms with E-state index < -0.39 is 48.3 Å². The number of hydrogen-bond acceptors (Lipinski definition) is 10. The van der Waals surface area contributed by atoms with E-state index in [0.717, 1.165) is 25.0 Å². The van der Waals surface area contributed by atoms with Crippen molar-refractivity contribution in [2.24, 2.45) is 0 Å². The Morgan fingerprint density at radius 2 is 0.842 bits per heavy atom. The zero-order valence-corrected chi connectivity index (χ0v) is 22.0. The van der Waals surface area contributed by atoms with E-state index in [0.29, 0.717) is 0 Å². The summed E-state index contributed by atoms with van der Waals surface area (Å²) in [6.07, 6.45) is -5.14. The van der Waals surface area contributed by atoms with Crippen LogP contribution in [0, 0.1) is 0 Å². The molecule has 0 unspecified atom stereocenters. The summed E-state index contributed by atoms with van der Waals surface area (Å²) in [5.41, 5.74) is 1.73. The molecular weight excluding hydrogens is 496 g/mol. The Morgan fingerprint density at radius 1 is 0.526 bits per heavy atom. The van der Waals surface area contributed by atoms with Crippen molar-refractivity contribution < 1.29 is 47.6 Å². The summed E-state index contributed by atoms with van der Waals surface area (Å²) in [7, 11) is 0. The zero-order chi connectivity index (χ0) is 27.9. The molecule has 0 aromatic heterocycles. The molecule has 0 heterocycles. The second-order valence-electron chi connectivity index (χ2n) is 8.45. The van der Waals surface area contributed by atoms with E-state index in [4.69, 9.17) is 28.4 Å². The molecule has 0 saturated carbocycles. The summed E-state index contributed by atoms with van der Waals surface area (Å²) in [6.45, 7) is 4.61. The highest BCUT2D eigenvalue weighted by Crippen LogP contribution is 2.21. The highest BCUT2D eigenvalue weighted by molar-refractivity contribution is 5.69. The van der Waals surface area contributed by atoms with E-state index in [2.05, 4.69) is 0 Å². The highest BCUT2D eigenvalue weighted by atomic mass is 16.6. The molecule has 206 valence electrons. The topological polar surface area (TPSA) is 124 Å². The first-order valence-electron chi connectivity index (χ1n) is 12.1. The molecule has 0 radical (unpaired) electrons. The molecule has 2 aromatic rings. The molecule has 0 saturated heterocycles. The fourth-order valence-corrected chi connectivity index (χ4v) is 3.64. The molecule has 0 aliphatic carbocycles. The van der Waals surface area contributed by atoms with Gasteiger partial charge in [-0.05, 0) is 11.1 Å². The van der Waals surface area contributed by atoms with E-state index in [-0.39, 0.29) is 26.4 Å². The van der Waals surface area contributed by atoms with Gasteiger partial charge in [0.1, 0.15) is 0 Å². The first-order chi connectivity index (χ1) is 18.2. The first-order valence-corrected chi connectivity index (χ1v) is 12.1. The Labute approximate surface area is 222 Å². The van der Waals surface area contributed by atoms with Crippen LogP contribution in [0.25, 0.3) is 0 Å². The molecule has 0 N–H and O–H groups in total. The van der Waals surface area contributed by atoms with Crippen molar-refractivity contribution >= 4 is 23.9 Å². The van der Waals surface area contributed by atoms with Crippen LogP contribution in [-0.2, 0) is 60.8 Å². The molecule has 0 fully saturated rings. The van der Waals surface area contributed by atoms with Crippen molar-refractivity contribution in [1.29, 1.82) is 0 Å². The lowest BCUT2D eigenvalue weighted by Crippen LogP contribution is -2.54. The molecule has 10 nitrogen and oxygen atoms in total. The maximum absolute atomic E-state index is 12.1. The molecule has 0 bridgehead atoms. The van der Waals surface area contributed by atoms with Crippen LogP contribution in [0.4, 0.5) is 0 Å². The third-order valence-corrected chi connectivity index (χ3v) is 5.08. The average Bonchev–Trinajstić information content (AvgIpc) is 2.85. The minimum Gasteiger partial charge on any atom is -0.456 e. The third kappa shape index (κ3) is 11.5. The summed E-state index contributed by atoms with van der Waals surface area (Å²) in [4.78, 5) is 48.1. The van der Waals surface area contributed by atoms with Crippen LogP contribution in [0.2, 0.25) is 0 Å². The van der Waals surface area contributed by atoms with E-state index in [1.54, 1.807) is 0 Å². The van der Waals surface area contributed by atoms with E-state index in [1.807, 2.05) is 60.7 Å². The largest absolute Gasteiger partial charge is 0.456 e. The Morgan fingerprint density at radius 3 is 1.13 bits per heavy atom. The van der Waals surface area contributed by atoms with Crippen molar-refractivity contribution in [1.82, 2.24) is 0 Å². The van der Waals surface area contributed by atoms with Crippen molar-refractivity contribution in [2.45, 2.75) is 65.3 Å². The zero-order valence-electron chi connectivity index (χ0n) is 22.0. The van der Waals surface area contributed by atoms with Gasteiger partial charge in [0.15, 0.2) is 24.4 Å². The van der Waals surface area contributed by atoms with Crippen LogP contribution in [0.5, 0.6) is 0 Å². The maximum Gasteiger partial charge on any atom is 0.303 e. The molecule has 0 amide bonds. The average molecular weight is 531 g/mol. The number of benzene rings is 2. The van der Waals surface area contributed by atoms with Gasteiger partial charge in [0.05, 0.1) is 26.4 Å². The van der Waals surface area contributed by atoms with Crippen LogP contribution in [0.15, 0.2) is 60.7 Å². The van der Waals surface area contributed by atoms with Crippen molar-refractivity contribution in [3.8, 4) is 0 Å². The first kappa shape index (κ1) is 30.5. The lowest BCUT2D eigenvalue weighted by Gasteiger charge is -2.35. The van der Waals surface area contributed by atoms with E-state index in [9.17, 15) is 19.2 Å². The van der Waals surface area contributed by atoms with E-state index >= 15 is 0 Å². The quantitative estimate of drug-likeness (QED) is 0.251. The molecule has 0 aliphatic rings. The standard InChI is InChI=1S/C28H34O10/c1-19(29)35-25(17-33-15-23-11-7-5-8-12-23)27(37-21(3)31)28(38-22(4)32)26(36-20(2)30)18-34-16-24-13-9-6-10-14-24/h5-14,25-28H,15-18H2,1-4H3/t25-,26-,27-,28-/m1/s1. The van der Waals surface area contributed by atoms with Gasteiger partial charge in [-0.1, -0.05) is 60.7 Å². The SMILES string of the molecule is CC(=O)O[C@@H]([C@H](OC(C)=O)[C@@H](COCc1ccccc1)OC(C)=O)[C@@H](COCc1ccccc1)OC(C)=O. The summed E-state index contributed by atoms with van der Waals surface area (Å²) >= 11 is 0. The molecular formula is C28H34O10. The second-order valence-corrected chi connectivity index (χ2v) is 8.45. The van der Waals surface area contributed by atoms with Gasteiger partial charge in [-0.2, -0.15) is 0 Å². The monoisotopic (exact) mass is 530 g/mol. The van der Waals surface area contributed by atoms with Crippen LogP contribution in [0.1, 0.15) is 38.8 Å². The third-order valence-electron chi connectivity index (χ3n) is 5.08. The molecule has 10 heteroatoms. The Bertz CT molecular complexity index is 941. The normalized spacial score (nSPS) is 13.9. The van der Waals surface area contributed by atoms with Crippen LogP contribution >= 0.6 is 0 Å². The Hall–Kier alpha value is -3.76. The van der Waals surface area contributed by atoms with Gasteiger partial charge in [0.2, 0.25) is 0 Å². The van der Waals surface area contributed by atoms with Gasteiger partial charge in [0, 0.05) is 27.7 Å². The summed E-state index contributed by atoms with van der Waals surface area (Å²) < 4.78 is 33.3. The molecule has 4 atom stereocenters. The molecule has 2 rings (SSSR count). The van der Waals surface area contributed by atoms with Gasteiger partial charge in [-0.15, -0.1) is 0 Å². The van der Waals surface area contributed by atoms with Crippen molar-refractivity contribution in [3.63, 3.8) is 0 Å². The van der Waals surface area contributed by atoms with E-state index in [1.165, 1.54) is 13.8 Å². The number of carbonyl (C=O) groups excluding carboxylic acids is 4. The van der Waals surface area contributed by atoms with Gasteiger partial charge >= 0.3 is 23.9 Å². The fourth-order valence-electron chi connectivity index (χ4n) is 3.64. The predicted octanol–water partition coefficient (Wildman–Crippen LogP) is 3.15. The molecule has 0 aliphatic heterocycles. The number of rotatable bonds is 15. The van der Waals surface area contributed by atoms with Crippen LogP contribution in [-0.4, -0.2) is 61.5 Å². The summed E-state index contributed by atoms with van der Waals surface area (Å²) in [5, 5.41) is 0. The number of carbonyl (C=O) groups is 4. The Balaban J connectivity index is 2.31. The number of ether oxygens (including phenoxy) is 6. The molecule has 2 aromatic carbocycles. The fraction of sp³-hybridized carbons (Fsp3) is 0.429. The number of esters is 4. The minimum atomic E-state index is -1.37. The summed E-state index contributed by atoms with van der Waals surface area (Å²) in [6, 6.07) is 18.5. The lowest BCUT2D eigenvalue weighted by molar-refractivity contribution is -0.206.